The lowest BCUT2D eigenvalue weighted by Crippen LogP contribution is -2.45. The molecule has 3 N–H and O–H groups in total. The summed E-state index contributed by atoms with van der Waals surface area (Å²) < 4.78 is 10.3. The molecule has 1 fully saturated rings. The van der Waals surface area contributed by atoms with Crippen LogP contribution in [0.2, 0.25) is 0 Å². The van der Waals surface area contributed by atoms with Crippen LogP contribution < -0.4 is 11.1 Å². The Hall–Kier alpha value is -1.30. The summed E-state index contributed by atoms with van der Waals surface area (Å²) in [4.78, 5) is 24.0. The van der Waals surface area contributed by atoms with Gasteiger partial charge in [-0.1, -0.05) is 0 Å². The van der Waals surface area contributed by atoms with Crippen molar-refractivity contribution in [1.29, 1.82) is 0 Å². The molecule has 0 aliphatic heterocycles. The van der Waals surface area contributed by atoms with E-state index in [9.17, 15) is 9.59 Å². The van der Waals surface area contributed by atoms with E-state index >= 15 is 0 Å². The van der Waals surface area contributed by atoms with Gasteiger partial charge in [-0.05, 0) is 65.7 Å². The zero-order valence-electron chi connectivity index (χ0n) is 14.2. The van der Waals surface area contributed by atoms with Crippen LogP contribution in [0.25, 0.3) is 0 Å². The molecule has 6 nitrogen and oxygen atoms in total. The highest BCUT2D eigenvalue weighted by Crippen LogP contribution is 2.27. The van der Waals surface area contributed by atoms with Crippen molar-refractivity contribution in [3.8, 4) is 0 Å². The zero-order chi connectivity index (χ0) is 16.8. The van der Waals surface area contributed by atoms with Crippen molar-refractivity contribution in [2.75, 3.05) is 6.61 Å². The first kappa shape index (κ1) is 18.7. The molecule has 0 aromatic carbocycles. The number of nitrogens with two attached hydrogens (primary N) is 1. The van der Waals surface area contributed by atoms with E-state index < -0.39 is 23.7 Å². The summed E-state index contributed by atoms with van der Waals surface area (Å²) in [5.74, 6) is -0.0210. The third-order valence-corrected chi connectivity index (χ3v) is 3.72. The normalized spacial score (nSPS) is 23.5. The Morgan fingerprint density at radius 1 is 1.23 bits per heavy atom. The van der Waals surface area contributed by atoms with E-state index in [0.717, 1.165) is 25.7 Å². The topological polar surface area (TPSA) is 90.6 Å². The van der Waals surface area contributed by atoms with Crippen LogP contribution in [-0.2, 0) is 14.3 Å². The van der Waals surface area contributed by atoms with Gasteiger partial charge in [-0.15, -0.1) is 0 Å². The molecule has 22 heavy (non-hydrogen) atoms. The van der Waals surface area contributed by atoms with Gasteiger partial charge in [0.15, 0.2) is 0 Å². The number of amides is 1. The van der Waals surface area contributed by atoms with E-state index in [1.165, 1.54) is 0 Å². The van der Waals surface area contributed by atoms with E-state index in [2.05, 4.69) is 5.32 Å². The number of hydrogen-bond donors (Lipinski definition) is 2. The van der Waals surface area contributed by atoms with Gasteiger partial charge in [0.25, 0.3) is 0 Å². The van der Waals surface area contributed by atoms with Gasteiger partial charge in [0.1, 0.15) is 11.6 Å². The molecule has 0 heterocycles. The number of rotatable bonds is 5. The second-order valence-corrected chi connectivity index (χ2v) is 6.97. The van der Waals surface area contributed by atoms with Gasteiger partial charge in [-0.3, -0.25) is 0 Å². The molecule has 0 aromatic rings. The lowest BCUT2D eigenvalue weighted by atomic mass is 9.82. The molecule has 1 atom stereocenters. The minimum atomic E-state index is -0.658. The van der Waals surface area contributed by atoms with Crippen molar-refractivity contribution in [3.63, 3.8) is 0 Å². The fourth-order valence-electron chi connectivity index (χ4n) is 2.66. The maximum absolute atomic E-state index is 12.1. The molecule has 0 aromatic heterocycles. The van der Waals surface area contributed by atoms with Crippen molar-refractivity contribution in [1.82, 2.24) is 5.32 Å². The lowest BCUT2D eigenvalue weighted by molar-refractivity contribution is -0.146. The number of nitrogens with one attached hydrogen (secondary N) is 1. The third kappa shape index (κ3) is 7.11. The smallest absolute Gasteiger partial charge is 0.408 e. The average Bonchev–Trinajstić information content (AvgIpc) is 2.38. The van der Waals surface area contributed by atoms with Crippen LogP contribution in [0.4, 0.5) is 4.79 Å². The van der Waals surface area contributed by atoms with Crippen molar-refractivity contribution in [2.45, 2.75) is 77.5 Å². The second kappa shape index (κ2) is 8.36. The summed E-state index contributed by atoms with van der Waals surface area (Å²) in [6.45, 7) is 7.40. The first-order chi connectivity index (χ1) is 10.2. The standard InChI is InChI=1S/C16H30N2O4/c1-5-21-14(19)13(18-15(20)22-16(2,3)4)10-11-6-8-12(17)9-7-11/h11-13H,5-10,17H2,1-4H3,(H,18,20). The van der Waals surface area contributed by atoms with E-state index in [-0.39, 0.29) is 6.04 Å². The molecular formula is C16H30N2O4. The van der Waals surface area contributed by atoms with E-state index in [4.69, 9.17) is 15.2 Å². The van der Waals surface area contributed by atoms with Crippen molar-refractivity contribution >= 4 is 12.1 Å². The molecule has 1 amide bonds. The highest BCUT2D eigenvalue weighted by molar-refractivity contribution is 5.81. The third-order valence-electron chi connectivity index (χ3n) is 3.72. The first-order valence-electron chi connectivity index (χ1n) is 8.13. The highest BCUT2D eigenvalue weighted by Gasteiger charge is 2.29. The number of hydrogen-bond acceptors (Lipinski definition) is 5. The maximum Gasteiger partial charge on any atom is 0.408 e. The van der Waals surface area contributed by atoms with Crippen molar-refractivity contribution in [2.24, 2.45) is 11.7 Å². The minimum Gasteiger partial charge on any atom is -0.464 e. The average molecular weight is 314 g/mol. The Morgan fingerprint density at radius 3 is 2.32 bits per heavy atom. The van der Waals surface area contributed by atoms with Crippen LogP contribution in [0, 0.1) is 5.92 Å². The molecule has 0 bridgehead atoms. The zero-order valence-corrected chi connectivity index (χ0v) is 14.2. The van der Waals surface area contributed by atoms with E-state index in [1.807, 2.05) is 0 Å². The number of esters is 1. The Kier molecular flexibility index (Phi) is 7.13. The predicted octanol–water partition coefficient (Wildman–Crippen LogP) is 2.35. The summed E-state index contributed by atoms with van der Waals surface area (Å²) in [6.07, 6.45) is 3.88. The Labute approximate surface area is 133 Å². The monoisotopic (exact) mass is 314 g/mol. The van der Waals surface area contributed by atoms with E-state index in [1.54, 1.807) is 27.7 Å². The fourth-order valence-corrected chi connectivity index (χ4v) is 2.66. The number of carbonyl (C=O) groups is 2. The van der Waals surface area contributed by atoms with Gasteiger partial charge in [0.2, 0.25) is 0 Å². The summed E-state index contributed by atoms with van der Waals surface area (Å²) in [7, 11) is 0. The van der Waals surface area contributed by atoms with Crippen molar-refractivity contribution < 1.29 is 19.1 Å². The fraction of sp³-hybridized carbons (Fsp3) is 0.875. The quantitative estimate of drug-likeness (QED) is 0.760. The lowest BCUT2D eigenvalue weighted by Gasteiger charge is -2.29. The Balaban J connectivity index is 2.59. The number of carbonyl (C=O) groups excluding carboxylic acids is 2. The molecule has 0 radical (unpaired) electrons. The predicted molar refractivity (Wildman–Crippen MR) is 84.3 cm³/mol. The van der Waals surface area contributed by atoms with Gasteiger partial charge in [-0.25, -0.2) is 9.59 Å². The first-order valence-corrected chi connectivity index (χ1v) is 8.13. The molecule has 0 spiro atoms. The molecule has 6 heteroatoms. The van der Waals surface area contributed by atoms with Gasteiger partial charge in [0.05, 0.1) is 6.61 Å². The summed E-state index contributed by atoms with van der Waals surface area (Å²) in [6, 6.07) is -0.398. The minimum absolute atomic E-state index is 0.260. The van der Waals surface area contributed by atoms with Crippen LogP contribution in [0.1, 0.15) is 59.8 Å². The van der Waals surface area contributed by atoms with Crippen molar-refractivity contribution in [3.05, 3.63) is 0 Å². The van der Waals surface area contributed by atoms with Crippen LogP contribution >= 0.6 is 0 Å². The molecular weight excluding hydrogens is 284 g/mol. The molecule has 1 rings (SSSR count). The summed E-state index contributed by atoms with van der Waals surface area (Å²) in [5.41, 5.74) is 5.31. The van der Waals surface area contributed by atoms with Gasteiger partial charge >= 0.3 is 12.1 Å². The molecule has 0 saturated heterocycles. The van der Waals surface area contributed by atoms with Gasteiger partial charge in [0, 0.05) is 6.04 Å². The highest BCUT2D eigenvalue weighted by atomic mass is 16.6. The maximum atomic E-state index is 12.1. The Morgan fingerprint density at radius 2 is 1.82 bits per heavy atom. The van der Waals surface area contributed by atoms with Gasteiger partial charge < -0.3 is 20.5 Å². The SMILES string of the molecule is CCOC(=O)C(CC1CCC(N)CC1)NC(=O)OC(C)(C)C. The number of ether oxygens (including phenoxy) is 2. The molecule has 128 valence electrons. The van der Waals surface area contributed by atoms with Gasteiger partial charge in [-0.2, -0.15) is 0 Å². The second-order valence-electron chi connectivity index (χ2n) is 6.97. The molecule has 1 aliphatic carbocycles. The van der Waals surface area contributed by atoms with Crippen LogP contribution in [0.15, 0.2) is 0 Å². The summed E-state index contributed by atoms with van der Waals surface area (Å²) in [5, 5.41) is 2.65. The van der Waals surface area contributed by atoms with Crippen LogP contribution in [-0.4, -0.2) is 36.4 Å². The summed E-state index contributed by atoms with van der Waals surface area (Å²) >= 11 is 0. The van der Waals surface area contributed by atoms with Crippen LogP contribution in [0.5, 0.6) is 0 Å². The largest absolute Gasteiger partial charge is 0.464 e. The molecule has 1 aliphatic rings. The molecule has 1 saturated carbocycles. The Bertz CT molecular complexity index is 371. The van der Waals surface area contributed by atoms with E-state index in [0.29, 0.717) is 18.9 Å². The molecule has 1 unspecified atom stereocenters. The van der Waals surface area contributed by atoms with Crippen LogP contribution in [0.3, 0.4) is 0 Å². The number of alkyl carbamates (subject to hydrolysis) is 1.